The molecule has 9 heteroatoms. The topological polar surface area (TPSA) is 82.2 Å². The molecular formula is C30H35FN4O4. The smallest absolute Gasteiger partial charge is 0.338 e. The summed E-state index contributed by atoms with van der Waals surface area (Å²) in [5.74, 6) is -1.01. The van der Waals surface area contributed by atoms with Crippen LogP contribution in [0.2, 0.25) is 0 Å². The minimum Gasteiger partial charge on any atom is -0.463 e. The molecular weight excluding hydrogens is 499 g/mol. The molecule has 0 aliphatic carbocycles. The van der Waals surface area contributed by atoms with E-state index in [1.807, 2.05) is 31.2 Å². The van der Waals surface area contributed by atoms with Gasteiger partial charge in [-0.25, -0.2) is 14.0 Å². The number of nitrogens with zero attached hydrogens (tertiary/aromatic N) is 3. The number of ether oxygens (including phenoxy) is 1. The number of hydrogen-bond acceptors (Lipinski definition) is 5. The maximum Gasteiger partial charge on any atom is 0.338 e. The maximum atomic E-state index is 13.4. The summed E-state index contributed by atoms with van der Waals surface area (Å²) in [5, 5.41) is 2.98. The van der Waals surface area contributed by atoms with Crippen LogP contribution in [0, 0.1) is 12.7 Å². The number of esters is 1. The summed E-state index contributed by atoms with van der Waals surface area (Å²) < 4.78 is 18.8. The third-order valence-electron chi connectivity index (χ3n) is 7.00. The fourth-order valence-corrected chi connectivity index (χ4v) is 4.97. The Labute approximate surface area is 228 Å². The van der Waals surface area contributed by atoms with Crippen LogP contribution >= 0.6 is 0 Å². The predicted molar refractivity (Wildman–Crippen MR) is 146 cm³/mol. The van der Waals surface area contributed by atoms with Crippen molar-refractivity contribution in [1.29, 1.82) is 0 Å². The summed E-state index contributed by atoms with van der Waals surface area (Å²) >= 11 is 0. The fourth-order valence-electron chi connectivity index (χ4n) is 4.97. The van der Waals surface area contributed by atoms with Gasteiger partial charge < -0.3 is 15.0 Å². The Bertz CT molecular complexity index is 1240. The number of urea groups is 1. The minimum absolute atomic E-state index is 0.145. The standard InChI is InChI=1S/C30H35FN4O4/c1-4-15-35-25(20-33-16-6-17-34(19-18-33)28(36)23-11-13-24(31)14-12-23)26(29(37)39-5-2)27(32-30(35)38)22-9-7-21(3)8-10-22/h4,7-14,27H,1,5-6,15-20H2,2-3H3,(H,32,38). The third kappa shape index (κ3) is 6.54. The van der Waals surface area contributed by atoms with Gasteiger partial charge in [0.2, 0.25) is 0 Å². The first-order valence-corrected chi connectivity index (χ1v) is 13.2. The van der Waals surface area contributed by atoms with Crippen molar-refractivity contribution in [2.45, 2.75) is 26.3 Å². The van der Waals surface area contributed by atoms with Crippen molar-refractivity contribution in [3.05, 3.63) is 95.0 Å². The van der Waals surface area contributed by atoms with E-state index in [4.69, 9.17) is 4.74 Å². The van der Waals surface area contributed by atoms with Crippen LogP contribution in [-0.4, -0.2) is 78.5 Å². The van der Waals surface area contributed by atoms with E-state index in [0.717, 1.165) is 11.1 Å². The molecule has 39 heavy (non-hydrogen) atoms. The number of halogens is 1. The van der Waals surface area contributed by atoms with Gasteiger partial charge in [-0.2, -0.15) is 0 Å². The molecule has 1 atom stereocenters. The average molecular weight is 535 g/mol. The molecule has 0 spiro atoms. The molecule has 1 saturated heterocycles. The third-order valence-corrected chi connectivity index (χ3v) is 7.00. The fraction of sp³-hybridized carbons (Fsp3) is 0.367. The molecule has 0 radical (unpaired) electrons. The van der Waals surface area contributed by atoms with Gasteiger partial charge in [0.25, 0.3) is 5.91 Å². The summed E-state index contributed by atoms with van der Waals surface area (Å²) in [5.41, 5.74) is 3.27. The number of carbonyl (C=O) groups excluding carboxylic acids is 3. The molecule has 0 aromatic heterocycles. The molecule has 2 aromatic rings. The second-order valence-corrected chi connectivity index (χ2v) is 9.70. The molecule has 2 heterocycles. The van der Waals surface area contributed by atoms with Gasteiger partial charge >= 0.3 is 12.0 Å². The van der Waals surface area contributed by atoms with E-state index in [9.17, 15) is 18.8 Å². The van der Waals surface area contributed by atoms with E-state index in [1.54, 1.807) is 17.9 Å². The zero-order valence-corrected chi connectivity index (χ0v) is 22.5. The number of rotatable bonds is 8. The second kappa shape index (κ2) is 12.7. The average Bonchev–Trinajstić information content (AvgIpc) is 3.16. The first-order valence-electron chi connectivity index (χ1n) is 13.2. The highest BCUT2D eigenvalue weighted by molar-refractivity contribution is 5.95. The summed E-state index contributed by atoms with van der Waals surface area (Å²) in [4.78, 5) is 45.1. The van der Waals surface area contributed by atoms with Crippen molar-refractivity contribution in [3.8, 4) is 0 Å². The lowest BCUT2D eigenvalue weighted by molar-refractivity contribution is -0.139. The zero-order chi connectivity index (χ0) is 27.9. The van der Waals surface area contributed by atoms with Crippen LogP contribution < -0.4 is 5.32 Å². The van der Waals surface area contributed by atoms with Crippen molar-refractivity contribution in [2.75, 3.05) is 45.9 Å². The van der Waals surface area contributed by atoms with E-state index in [0.29, 0.717) is 56.0 Å². The van der Waals surface area contributed by atoms with Crippen LogP contribution in [-0.2, 0) is 9.53 Å². The van der Waals surface area contributed by atoms with E-state index in [1.165, 1.54) is 29.2 Å². The monoisotopic (exact) mass is 534 g/mol. The Morgan fingerprint density at radius 2 is 1.79 bits per heavy atom. The highest BCUT2D eigenvalue weighted by atomic mass is 19.1. The molecule has 2 aliphatic heterocycles. The molecule has 4 rings (SSSR count). The van der Waals surface area contributed by atoms with Crippen LogP contribution in [0.4, 0.5) is 9.18 Å². The van der Waals surface area contributed by atoms with Gasteiger partial charge in [0.1, 0.15) is 5.82 Å². The molecule has 8 nitrogen and oxygen atoms in total. The number of nitrogens with one attached hydrogen (secondary N) is 1. The Morgan fingerprint density at radius 1 is 1.08 bits per heavy atom. The Morgan fingerprint density at radius 3 is 2.46 bits per heavy atom. The highest BCUT2D eigenvalue weighted by Crippen LogP contribution is 2.32. The van der Waals surface area contributed by atoms with E-state index in [2.05, 4.69) is 16.8 Å². The Balaban J connectivity index is 1.63. The molecule has 1 unspecified atom stereocenters. The van der Waals surface area contributed by atoms with Gasteiger partial charge in [-0.1, -0.05) is 35.9 Å². The van der Waals surface area contributed by atoms with Crippen molar-refractivity contribution < 1.29 is 23.5 Å². The summed E-state index contributed by atoms with van der Waals surface area (Å²) in [6.07, 6.45) is 2.34. The van der Waals surface area contributed by atoms with E-state index >= 15 is 0 Å². The lowest BCUT2D eigenvalue weighted by Gasteiger charge is -2.38. The lowest BCUT2D eigenvalue weighted by Crippen LogP contribution is -2.51. The summed E-state index contributed by atoms with van der Waals surface area (Å²) in [6, 6.07) is 12.3. The SMILES string of the molecule is C=CCN1C(=O)NC(c2ccc(C)cc2)C(C(=O)OCC)=C1CN1CCCN(C(=O)c2ccc(F)cc2)CC1. The molecule has 3 amide bonds. The first-order chi connectivity index (χ1) is 18.8. The van der Waals surface area contributed by atoms with Crippen molar-refractivity contribution in [1.82, 2.24) is 20.0 Å². The molecule has 1 fully saturated rings. The molecule has 2 aliphatic rings. The number of aryl methyl sites for hydroxylation is 1. The van der Waals surface area contributed by atoms with E-state index < -0.39 is 12.0 Å². The minimum atomic E-state index is -0.656. The normalized spacial score (nSPS) is 18.4. The van der Waals surface area contributed by atoms with Gasteiger partial charge in [0.15, 0.2) is 0 Å². The number of benzene rings is 2. The van der Waals surface area contributed by atoms with Gasteiger partial charge in [0.05, 0.1) is 18.2 Å². The molecule has 1 N–H and O–H groups in total. The van der Waals surface area contributed by atoms with Gasteiger partial charge in [0, 0.05) is 50.5 Å². The van der Waals surface area contributed by atoms with Crippen molar-refractivity contribution >= 4 is 17.9 Å². The van der Waals surface area contributed by atoms with Crippen LogP contribution in [0.1, 0.15) is 40.9 Å². The van der Waals surface area contributed by atoms with Gasteiger partial charge in [-0.05, 0) is 50.1 Å². The molecule has 206 valence electrons. The lowest BCUT2D eigenvalue weighted by atomic mass is 9.93. The highest BCUT2D eigenvalue weighted by Gasteiger charge is 2.38. The summed E-state index contributed by atoms with van der Waals surface area (Å²) in [7, 11) is 0. The summed E-state index contributed by atoms with van der Waals surface area (Å²) in [6.45, 7) is 10.5. The molecule has 2 aromatic carbocycles. The van der Waals surface area contributed by atoms with Crippen LogP contribution in [0.25, 0.3) is 0 Å². The van der Waals surface area contributed by atoms with Crippen LogP contribution in [0.5, 0.6) is 0 Å². The van der Waals surface area contributed by atoms with Gasteiger partial charge in [-0.15, -0.1) is 6.58 Å². The maximum absolute atomic E-state index is 13.4. The molecule has 0 saturated carbocycles. The van der Waals surface area contributed by atoms with Crippen molar-refractivity contribution in [3.63, 3.8) is 0 Å². The van der Waals surface area contributed by atoms with Crippen molar-refractivity contribution in [2.24, 2.45) is 0 Å². The van der Waals surface area contributed by atoms with Crippen LogP contribution in [0.15, 0.2) is 72.5 Å². The van der Waals surface area contributed by atoms with Gasteiger partial charge in [-0.3, -0.25) is 14.6 Å². The Hall–Kier alpha value is -3.98. The largest absolute Gasteiger partial charge is 0.463 e. The first kappa shape index (κ1) is 28.0. The number of carbonyl (C=O) groups is 3. The Kier molecular flexibility index (Phi) is 9.14. The number of hydrogen-bond donors (Lipinski definition) is 1. The van der Waals surface area contributed by atoms with E-state index in [-0.39, 0.29) is 30.9 Å². The zero-order valence-electron chi connectivity index (χ0n) is 22.5. The second-order valence-electron chi connectivity index (χ2n) is 9.70. The predicted octanol–water partition coefficient (Wildman–Crippen LogP) is 4.05. The molecule has 0 bridgehead atoms. The number of amides is 3. The quantitative estimate of drug-likeness (QED) is 0.408. The van der Waals surface area contributed by atoms with Crippen LogP contribution in [0.3, 0.4) is 0 Å².